The van der Waals surface area contributed by atoms with Crippen molar-refractivity contribution in [3.8, 4) is 0 Å². The van der Waals surface area contributed by atoms with Gasteiger partial charge in [0.25, 0.3) is 0 Å². The summed E-state index contributed by atoms with van der Waals surface area (Å²) in [4.78, 5) is 13.4. The molecule has 0 aromatic heterocycles. The van der Waals surface area contributed by atoms with Gasteiger partial charge in [-0.2, -0.15) is 0 Å². The summed E-state index contributed by atoms with van der Waals surface area (Å²) in [7, 11) is 0. The van der Waals surface area contributed by atoms with E-state index in [2.05, 4.69) is 0 Å². The van der Waals surface area contributed by atoms with Gasteiger partial charge in [-0.3, -0.25) is 0 Å². The molecule has 1 rings (SSSR count). The molecule has 1 fully saturated rings. The maximum atomic E-state index is 11.8. The van der Waals surface area contributed by atoms with E-state index in [1.807, 2.05) is 20.8 Å². The standard InChI is InChI=1S/C12H23NO4/c1-12(2,3)17-11(16)13-6-4-9(5-7-13)10(15)8-14/h9-10,14-15H,4-8H2,1-3H3/t10-/m1/s1. The number of rotatable bonds is 2. The van der Waals surface area contributed by atoms with E-state index in [9.17, 15) is 9.90 Å². The Balaban J connectivity index is 2.39. The van der Waals surface area contributed by atoms with Gasteiger partial charge in [0.15, 0.2) is 0 Å². The third-order valence-electron chi connectivity index (χ3n) is 2.92. The van der Waals surface area contributed by atoms with Gasteiger partial charge in [-0.1, -0.05) is 0 Å². The number of piperidine rings is 1. The highest BCUT2D eigenvalue weighted by Crippen LogP contribution is 2.22. The lowest BCUT2D eigenvalue weighted by Gasteiger charge is -2.34. The highest BCUT2D eigenvalue weighted by molar-refractivity contribution is 5.68. The molecular formula is C12H23NO4. The topological polar surface area (TPSA) is 70.0 Å². The number of hydrogen-bond donors (Lipinski definition) is 2. The molecule has 1 heterocycles. The lowest BCUT2D eigenvalue weighted by molar-refractivity contribution is -0.00270. The van der Waals surface area contributed by atoms with Crippen LogP contribution >= 0.6 is 0 Å². The first-order chi connectivity index (χ1) is 7.83. The van der Waals surface area contributed by atoms with Gasteiger partial charge >= 0.3 is 6.09 Å². The third kappa shape index (κ3) is 4.52. The quantitative estimate of drug-likeness (QED) is 0.761. The van der Waals surface area contributed by atoms with E-state index in [0.717, 1.165) is 0 Å². The van der Waals surface area contributed by atoms with E-state index in [-0.39, 0.29) is 18.6 Å². The van der Waals surface area contributed by atoms with Gasteiger partial charge in [-0.15, -0.1) is 0 Å². The lowest BCUT2D eigenvalue weighted by Crippen LogP contribution is -2.44. The van der Waals surface area contributed by atoms with Crippen LogP contribution in [-0.2, 0) is 4.74 Å². The summed E-state index contributed by atoms with van der Waals surface area (Å²) < 4.78 is 5.27. The van der Waals surface area contributed by atoms with Gasteiger partial charge in [-0.25, -0.2) is 4.79 Å². The van der Waals surface area contributed by atoms with Crippen LogP contribution in [0.1, 0.15) is 33.6 Å². The van der Waals surface area contributed by atoms with Crippen molar-refractivity contribution < 1.29 is 19.7 Å². The normalized spacial score (nSPS) is 20.2. The molecule has 0 aromatic carbocycles. The van der Waals surface area contributed by atoms with Crippen LogP contribution in [0.4, 0.5) is 4.79 Å². The van der Waals surface area contributed by atoms with Crippen molar-refractivity contribution in [2.75, 3.05) is 19.7 Å². The van der Waals surface area contributed by atoms with Gasteiger partial charge in [0, 0.05) is 13.1 Å². The highest BCUT2D eigenvalue weighted by atomic mass is 16.6. The number of aliphatic hydroxyl groups is 2. The van der Waals surface area contributed by atoms with E-state index in [4.69, 9.17) is 9.84 Å². The number of carbonyl (C=O) groups excluding carboxylic acids is 1. The summed E-state index contributed by atoms with van der Waals surface area (Å²) in [5.41, 5.74) is -0.474. The minimum atomic E-state index is -0.671. The van der Waals surface area contributed by atoms with Crippen molar-refractivity contribution in [1.82, 2.24) is 4.90 Å². The number of aliphatic hydroxyl groups excluding tert-OH is 2. The van der Waals surface area contributed by atoms with Crippen LogP contribution in [0.2, 0.25) is 0 Å². The Morgan fingerprint density at radius 1 is 1.41 bits per heavy atom. The molecular weight excluding hydrogens is 222 g/mol. The number of nitrogens with zero attached hydrogens (tertiary/aromatic N) is 1. The zero-order chi connectivity index (χ0) is 13.1. The third-order valence-corrected chi connectivity index (χ3v) is 2.92. The second-order valence-electron chi connectivity index (χ2n) is 5.55. The van der Waals surface area contributed by atoms with Crippen molar-refractivity contribution in [2.45, 2.75) is 45.3 Å². The average Bonchev–Trinajstić information content (AvgIpc) is 2.26. The number of ether oxygens (including phenoxy) is 1. The summed E-state index contributed by atoms with van der Waals surface area (Å²) in [5.74, 6) is 0.0821. The van der Waals surface area contributed by atoms with E-state index in [1.54, 1.807) is 4.90 Å². The maximum absolute atomic E-state index is 11.8. The van der Waals surface area contributed by atoms with E-state index < -0.39 is 11.7 Å². The van der Waals surface area contributed by atoms with Crippen LogP contribution in [0, 0.1) is 5.92 Å². The van der Waals surface area contributed by atoms with Crippen molar-refractivity contribution in [1.29, 1.82) is 0 Å². The average molecular weight is 245 g/mol. The van der Waals surface area contributed by atoms with Crippen molar-refractivity contribution in [3.05, 3.63) is 0 Å². The molecule has 0 bridgehead atoms. The fraction of sp³-hybridized carbons (Fsp3) is 0.917. The molecule has 100 valence electrons. The van der Waals surface area contributed by atoms with Crippen LogP contribution in [-0.4, -0.2) is 52.6 Å². The summed E-state index contributed by atoms with van der Waals surface area (Å²) in [6, 6.07) is 0. The number of likely N-dealkylation sites (tertiary alicyclic amines) is 1. The molecule has 5 heteroatoms. The van der Waals surface area contributed by atoms with Crippen molar-refractivity contribution in [2.24, 2.45) is 5.92 Å². The largest absolute Gasteiger partial charge is 0.444 e. The lowest BCUT2D eigenvalue weighted by atomic mass is 9.92. The molecule has 5 nitrogen and oxygen atoms in total. The van der Waals surface area contributed by atoms with E-state index in [1.165, 1.54) is 0 Å². The van der Waals surface area contributed by atoms with Crippen LogP contribution < -0.4 is 0 Å². The van der Waals surface area contributed by atoms with E-state index in [0.29, 0.717) is 25.9 Å². The van der Waals surface area contributed by atoms with Crippen molar-refractivity contribution in [3.63, 3.8) is 0 Å². The van der Waals surface area contributed by atoms with Crippen molar-refractivity contribution >= 4 is 6.09 Å². The second-order valence-corrected chi connectivity index (χ2v) is 5.55. The van der Waals surface area contributed by atoms with E-state index >= 15 is 0 Å². The second kappa shape index (κ2) is 5.69. The summed E-state index contributed by atoms with van der Waals surface area (Å²) in [5, 5.41) is 18.4. The monoisotopic (exact) mass is 245 g/mol. The SMILES string of the molecule is CC(C)(C)OC(=O)N1CCC([C@H](O)CO)CC1. The molecule has 1 amide bonds. The van der Waals surface area contributed by atoms with Crippen LogP contribution in [0.15, 0.2) is 0 Å². The minimum absolute atomic E-state index is 0.0821. The first-order valence-corrected chi connectivity index (χ1v) is 6.10. The molecule has 1 atom stereocenters. The zero-order valence-electron chi connectivity index (χ0n) is 10.8. The molecule has 1 saturated heterocycles. The molecule has 0 aromatic rings. The number of amides is 1. The maximum Gasteiger partial charge on any atom is 0.410 e. The Morgan fingerprint density at radius 3 is 2.35 bits per heavy atom. The van der Waals surface area contributed by atoms with Gasteiger partial charge in [0.05, 0.1) is 12.7 Å². The van der Waals surface area contributed by atoms with Gasteiger partial charge < -0.3 is 19.8 Å². The summed E-state index contributed by atoms with van der Waals surface area (Å²) >= 11 is 0. The fourth-order valence-electron chi connectivity index (χ4n) is 1.94. The number of carbonyl (C=O) groups is 1. The Morgan fingerprint density at radius 2 is 1.94 bits per heavy atom. The molecule has 0 spiro atoms. The Bertz CT molecular complexity index is 254. The molecule has 0 aliphatic carbocycles. The molecule has 0 radical (unpaired) electrons. The fourth-order valence-corrected chi connectivity index (χ4v) is 1.94. The van der Waals surface area contributed by atoms with Crippen LogP contribution in [0.25, 0.3) is 0 Å². The smallest absolute Gasteiger partial charge is 0.410 e. The first kappa shape index (κ1) is 14.3. The summed E-state index contributed by atoms with van der Waals surface area (Å²) in [6.07, 6.45) is 0.451. The van der Waals surface area contributed by atoms with Gasteiger partial charge in [-0.05, 0) is 39.5 Å². The molecule has 0 unspecified atom stereocenters. The van der Waals surface area contributed by atoms with Crippen LogP contribution in [0.3, 0.4) is 0 Å². The minimum Gasteiger partial charge on any atom is -0.444 e. The van der Waals surface area contributed by atoms with Gasteiger partial charge in [0.2, 0.25) is 0 Å². The Labute approximate surface area is 102 Å². The summed E-state index contributed by atoms with van der Waals surface area (Å²) in [6.45, 7) is 6.47. The molecule has 2 N–H and O–H groups in total. The molecule has 17 heavy (non-hydrogen) atoms. The zero-order valence-corrected chi connectivity index (χ0v) is 10.8. The van der Waals surface area contributed by atoms with Gasteiger partial charge in [0.1, 0.15) is 5.60 Å². The molecule has 1 aliphatic heterocycles. The van der Waals surface area contributed by atoms with Crippen LogP contribution in [0.5, 0.6) is 0 Å². The Kier molecular flexibility index (Phi) is 4.77. The Hall–Kier alpha value is -0.810. The predicted octanol–water partition coefficient (Wildman–Crippen LogP) is 0.987. The molecule has 0 saturated carbocycles. The highest BCUT2D eigenvalue weighted by Gasteiger charge is 2.29. The first-order valence-electron chi connectivity index (χ1n) is 6.10. The molecule has 1 aliphatic rings. The number of hydrogen-bond acceptors (Lipinski definition) is 4. The predicted molar refractivity (Wildman–Crippen MR) is 63.6 cm³/mol.